The highest BCUT2D eigenvalue weighted by atomic mass is 16.5. The van der Waals surface area contributed by atoms with Crippen LogP contribution >= 0.6 is 0 Å². The Labute approximate surface area is 101 Å². The van der Waals surface area contributed by atoms with E-state index in [1.807, 2.05) is 0 Å². The van der Waals surface area contributed by atoms with Crippen molar-refractivity contribution in [2.45, 2.75) is 58.4 Å². The minimum absolute atomic E-state index is 0.667. The molecule has 0 spiro atoms. The summed E-state index contributed by atoms with van der Waals surface area (Å²) in [6.45, 7) is 6.54. The molecule has 0 radical (unpaired) electrons. The predicted octanol–water partition coefficient (Wildman–Crippen LogP) is 3.22. The molecule has 2 nitrogen and oxygen atoms in total. The molecule has 1 aliphatic rings. The zero-order valence-corrected chi connectivity index (χ0v) is 11.3. The molecule has 0 aromatic rings. The monoisotopic (exact) mass is 227 g/mol. The van der Waals surface area contributed by atoms with E-state index in [4.69, 9.17) is 4.74 Å². The Bertz CT molecular complexity index is 160. The van der Waals surface area contributed by atoms with Gasteiger partial charge in [-0.1, -0.05) is 26.7 Å². The Kier molecular flexibility index (Phi) is 7.06. The average molecular weight is 227 g/mol. The first kappa shape index (κ1) is 14.0. The summed E-state index contributed by atoms with van der Waals surface area (Å²) in [6, 6.07) is 0.667. The molecular weight excluding hydrogens is 198 g/mol. The van der Waals surface area contributed by atoms with Crippen LogP contribution in [0.25, 0.3) is 0 Å². The second-order valence-electron chi connectivity index (χ2n) is 5.13. The van der Waals surface area contributed by atoms with Gasteiger partial charge in [0, 0.05) is 12.6 Å². The van der Waals surface area contributed by atoms with Crippen molar-refractivity contribution < 1.29 is 4.74 Å². The zero-order valence-electron chi connectivity index (χ0n) is 11.3. The van der Waals surface area contributed by atoms with Crippen molar-refractivity contribution in [3.05, 3.63) is 0 Å². The van der Waals surface area contributed by atoms with Crippen LogP contribution in [0.1, 0.15) is 52.4 Å². The molecule has 1 heterocycles. The molecule has 96 valence electrons. The number of hydrogen-bond acceptors (Lipinski definition) is 2. The third-order valence-electron chi connectivity index (χ3n) is 3.86. The first-order chi connectivity index (χ1) is 7.83. The van der Waals surface area contributed by atoms with Gasteiger partial charge in [-0.05, 0) is 44.6 Å². The minimum Gasteiger partial charge on any atom is -0.381 e. The number of nitrogens with one attached hydrogen (secondary N) is 1. The van der Waals surface area contributed by atoms with Gasteiger partial charge < -0.3 is 10.1 Å². The second-order valence-corrected chi connectivity index (χ2v) is 5.13. The summed E-state index contributed by atoms with van der Waals surface area (Å²) in [5.41, 5.74) is 0. The topological polar surface area (TPSA) is 21.3 Å². The first-order valence-corrected chi connectivity index (χ1v) is 7.08. The van der Waals surface area contributed by atoms with Gasteiger partial charge in [-0.15, -0.1) is 0 Å². The molecule has 0 amide bonds. The molecule has 2 atom stereocenters. The van der Waals surface area contributed by atoms with E-state index in [0.29, 0.717) is 6.04 Å². The molecule has 0 aromatic heterocycles. The van der Waals surface area contributed by atoms with Gasteiger partial charge >= 0.3 is 0 Å². The molecule has 1 aliphatic heterocycles. The lowest BCUT2D eigenvalue weighted by atomic mass is 9.80. The quantitative estimate of drug-likeness (QED) is 0.721. The molecule has 1 fully saturated rings. The molecule has 0 saturated carbocycles. The normalized spacial score (nSPS) is 23.6. The van der Waals surface area contributed by atoms with Crippen LogP contribution in [0.15, 0.2) is 0 Å². The Morgan fingerprint density at radius 1 is 1.25 bits per heavy atom. The van der Waals surface area contributed by atoms with E-state index in [9.17, 15) is 0 Å². The maximum atomic E-state index is 5.63. The second kappa shape index (κ2) is 8.08. The molecule has 1 rings (SSSR count). The van der Waals surface area contributed by atoms with Crippen LogP contribution in [0.3, 0.4) is 0 Å². The molecule has 0 aromatic carbocycles. The van der Waals surface area contributed by atoms with Crippen LogP contribution in [0.4, 0.5) is 0 Å². The fourth-order valence-corrected chi connectivity index (χ4v) is 3.15. The summed E-state index contributed by atoms with van der Waals surface area (Å²) < 4.78 is 5.63. The van der Waals surface area contributed by atoms with Crippen molar-refractivity contribution >= 4 is 0 Å². The Balaban J connectivity index is 2.52. The highest BCUT2D eigenvalue weighted by Gasteiger charge is 2.28. The standard InChI is InChI=1S/C14H29NO/c1-4-7-12(8-5-2)14(15-3)13-9-6-10-16-11-13/h12-15H,4-11H2,1-3H3. The molecule has 2 heteroatoms. The Morgan fingerprint density at radius 3 is 2.38 bits per heavy atom. The van der Waals surface area contributed by atoms with Crippen LogP contribution in [-0.2, 0) is 4.74 Å². The van der Waals surface area contributed by atoms with Gasteiger partial charge in [0.1, 0.15) is 0 Å². The summed E-state index contributed by atoms with van der Waals surface area (Å²) in [6.07, 6.45) is 7.90. The highest BCUT2D eigenvalue weighted by Crippen LogP contribution is 2.27. The molecular formula is C14H29NO. The summed E-state index contributed by atoms with van der Waals surface area (Å²) in [7, 11) is 2.12. The van der Waals surface area contributed by atoms with Gasteiger partial charge in [0.2, 0.25) is 0 Å². The molecule has 1 N–H and O–H groups in total. The third kappa shape index (κ3) is 4.06. The molecule has 16 heavy (non-hydrogen) atoms. The van der Waals surface area contributed by atoms with E-state index in [-0.39, 0.29) is 0 Å². The van der Waals surface area contributed by atoms with E-state index in [1.165, 1.54) is 38.5 Å². The maximum absolute atomic E-state index is 5.63. The number of hydrogen-bond donors (Lipinski definition) is 1. The zero-order chi connectivity index (χ0) is 11.8. The number of ether oxygens (including phenoxy) is 1. The maximum Gasteiger partial charge on any atom is 0.0509 e. The van der Waals surface area contributed by atoms with Crippen LogP contribution < -0.4 is 5.32 Å². The van der Waals surface area contributed by atoms with E-state index >= 15 is 0 Å². The van der Waals surface area contributed by atoms with Gasteiger partial charge in [-0.3, -0.25) is 0 Å². The van der Waals surface area contributed by atoms with Gasteiger partial charge in [-0.25, -0.2) is 0 Å². The highest BCUT2D eigenvalue weighted by molar-refractivity contribution is 4.83. The predicted molar refractivity (Wildman–Crippen MR) is 69.7 cm³/mol. The van der Waals surface area contributed by atoms with E-state index in [1.54, 1.807) is 0 Å². The SMILES string of the molecule is CCCC(CCC)C(NC)C1CCCOC1. The number of rotatable bonds is 7. The van der Waals surface area contributed by atoms with Crippen LogP contribution in [-0.4, -0.2) is 26.3 Å². The molecule has 2 unspecified atom stereocenters. The lowest BCUT2D eigenvalue weighted by Crippen LogP contribution is -2.43. The van der Waals surface area contributed by atoms with E-state index in [2.05, 4.69) is 26.2 Å². The summed E-state index contributed by atoms with van der Waals surface area (Å²) >= 11 is 0. The van der Waals surface area contributed by atoms with Crippen molar-refractivity contribution in [3.8, 4) is 0 Å². The summed E-state index contributed by atoms with van der Waals surface area (Å²) in [4.78, 5) is 0. The third-order valence-corrected chi connectivity index (χ3v) is 3.86. The average Bonchev–Trinajstić information content (AvgIpc) is 2.32. The lowest BCUT2D eigenvalue weighted by molar-refractivity contribution is 0.0281. The van der Waals surface area contributed by atoms with Crippen LogP contribution in [0.2, 0.25) is 0 Å². The summed E-state index contributed by atoms with van der Waals surface area (Å²) in [5, 5.41) is 3.56. The largest absolute Gasteiger partial charge is 0.381 e. The first-order valence-electron chi connectivity index (χ1n) is 7.08. The van der Waals surface area contributed by atoms with Gasteiger partial charge in [0.05, 0.1) is 6.61 Å². The van der Waals surface area contributed by atoms with Crippen molar-refractivity contribution in [3.63, 3.8) is 0 Å². The molecule has 1 saturated heterocycles. The van der Waals surface area contributed by atoms with Crippen molar-refractivity contribution in [1.82, 2.24) is 5.32 Å². The van der Waals surface area contributed by atoms with Gasteiger partial charge in [0.15, 0.2) is 0 Å². The smallest absolute Gasteiger partial charge is 0.0509 e. The summed E-state index contributed by atoms with van der Waals surface area (Å²) in [5.74, 6) is 1.58. The Morgan fingerprint density at radius 2 is 1.94 bits per heavy atom. The van der Waals surface area contributed by atoms with Crippen LogP contribution in [0, 0.1) is 11.8 Å². The van der Waals surface area contributed by atoms with Crippen molar-refractivity contribution in [2.24, 2.45) is 11.8 Å². The van der Waals surface area contributed by atoms with Crippen molar-refractivity contribution in [2.75, 3.05) is 20.3 Å². The Hall–Kier alpha value is -0.0800. The lowest BCUT2D eigenvalue weighted by Gasteiger charge is -2.35. The van der Waals surface area contributed by atoms with Gasteiger partial charge in [-0.2, -0.15) is 0 Å². The van der Waals surface area contributed by atoms with Gasteiger partial charge in [0.25, 0.3) is 0 Å². The fourth-order valence-electron chi connectivity index (χ4n) is 3.15. The minimum atomic E-state index is 0.667. The fraction of sp³-hybridized carbons (Fsp3) is 1.00. The van der Waals surface area contributed by atoms with E-state index < -0.39 is 0 Å². The van der Waals surface area contributed by atoms with E-state index in [0.717, 1.165) is 25.0 Å². The molecule has 0 bridgehead atoms. The van der Waals surface area contributed by atoms with Crippen molar-refractivity contribution in [1.29, 1.82) is 0 Å². The van der Waals surface area contributed by atoms with Crippen LogP contribution in [0.5, 0.6) is 0 Å². The molecule has 0 aliphatic carbocycles.